The third kappa shape index (κ3) is 2.33. The van der Waals surface area contributed by atoms with Gasteiger partial charge in [0.25, 0.3) is 0 Å². The van der Waals surface area contributed by atoms with Crippen molar-refractivity contribution < 1.29 is 4.79 Å². The first-order valence-corrected chi connectivity index (χ1v) is 5.12. The van der Waals surface area contributed by atoms with E-state index in [0.717, 1.165) is 19.5 Å². The van der Waals surface area contributed by atoms with Gasteiger partial charge in [-0.25, -0.2) is 9.67 Å². The van der Waals surface area contributed by atoms with E-state index < -0.39 is 0 Å². The number of carbonyl (C=O) groups excluding carboxylic acids is 1. The van der Waals surface area contributed by atoms with Gasteiger partial charge in [-0.2, -0.15) is 5.10 Å². The van der Waals surface area contributed by atoms with Gasteiger partial charge in [0.1, 0.15) is 18.7 Å². The van der Waals surface area contributed by atoms with Crippen molar-refractivity contribution in [3.05, 3.63) is 12.7 Å². The molecule has 1 saturated heterocycles. The summed E-state index contributed by atoms with van der Waals surface area (Å²) in [5.41, 5.74) is 0. The molecule has 0 saturated carbocycles. The maximum atomic E-state index is 11.8. The highest BCUT2D eigenvalue weighted by Crippen LogP contribution is 2.04. The molecule has 0 aliphatic carbocycles. The molecule has 2 N–H and O–H groups in total. The Bertz CT molecular complexity index is 317. The smallest absolute Gasteiger partial charge is 0.244 e. The summed E-state index contributed by atoms with van der Waals surface area (Å²) in [5.74, 6) is -0.00537. The van der Waals surface area contributed by atoms with Gasteiger partial charge in [-0.1, -0.05) is 0 Å². The van der Waals surface area contributed by atoms with Crippen LogP contribution < -0.4 is 10.6 Å². The second kappa shape index (κ2) is 4.39. The number of carbonyl (C=O) groups is 1. The molecule has 1 amide bonds. The van der Waals surface area contributed by atoms with Crippen molar-refractivity contribution in [3.8, 4) is 0 Å². The lowest BCUT2D eigenvalue weighted by Gasteiger charge is -2.15. The summed E-state index contributed by atoms with van der Waals surface area (Å²) < 4.78 is 1.55. The van der Waals surface area contributed by atoms with E-state index in [1.807, 2.05) is 6.92 Å². The summed E-state index contributed by atoms with van der Waals surface area (Å²) in [6.45, 7) is 3.64. The quantitative estimate of drug-likeness (QED) is 0.691. The van der Waals surface area contributed by atoms with Gasteiger partial charge in [-0.05, 0) is 19.9 Å². The van der Waals surface area contributed by atoms with Crippen LogP contribution in [0.25, 0.3) is 0 Å². The van der Waals surface area contributed by atoms with Gasteiger partial charge in [0.15, 0.2) is 0 Å². The van der Waals surface area contributed by atoms with Crippen LogP contribution in [0.5, 0.6) is 0 Å². The lowest BCUT2D eigenvalue weighted by atomic mass is 10.2. The van der Waals surface area contributed by atoms with E-state index in [1.54, 1.807) is 11.0 Å². The highest BCUT2D eigenvalue weighted by molar-refractivity contribution is 5.80. The lowest BCUT2D eigenvalue weighted by Crippen LogP contribution is -2.40. The largest absolute Gasteiger partial charge is 0.350 e. The molecule has 1 aromatic heterocycles. The highest BCUT2D eigenvalue weighted by Gasteiger charge is 2.21. The second-order valence-corrected chi connectivity index (χ2v) is 3.75. The Morgan fingerprint density at radius 2 is 2.60 bits per heavy atom. The monoisotopic (exact) mass is 209 g/mol. The van der Waals surface area contributed by atoms with E-state index in [0.29, 0.717) is 0 Å². The lowest BCUT2D eigenvalue weighted by molar-refractivity contribution is -0.124. The molecule has 2 unspecified atom stereocenters. The average Bonchev–Trinajstić information content (AvgIpc) is 2.88. The topological polar surface area (TPSA) is 71.8 Å². The van der Waals surface area contributed by atoms with Crippen LogP contribution in [-0.2, 0) is 4.79 Å². The molecular weight excluding hydrogens is 194 g/mol. The van der Waals surface area contributed by atoms with Crippen molar-refractivity contribution in [2.75, 3.05) is 13.1 Å². The second-order valence-electron chi connectivity index (χ2n) is 3.75. The zero-order chi connectivity index (χ0) is 10.7. The number of hydrogen-bond acceptors (Lipinski definition) is 4. The van der Waals surface area contributed by atoms with Crippen molar-refractivity contribution in [1.29, 1.82) is 0 Å². The van der Waals surface area contributed by atoms with Gasteiger partial charge in [0.05, 0.1) is 0 Å². The Labute approximate surface area is 88.1 Å². The minimum Gasteiger partial charge on any atom is -0.350 e. The molecule has 0 aromatic carbocycles. The van der Waals surface area contributed by atoms with Gasteiger partial charge in [0.2, 0.25) is 5.91 Å². The molecule has 0 radical (unpaired) electrons. The molecule has 15 heavy (non-hydrogen) atoms. The van der Waals surface area contributed by atoms with Gasteiger partial charge >= 0.3 is 0 Å². The van der Waals surface area contributed by atoms with E-state index in [-0.39, 0.29) is 18.0 Å². The van der Waals surface area contributed by atoms with Crippen LogP contribution in [-0.4, -0.2) is 39.8 Å². The standard InChI is InChI=1S/C9H15N5O/c1-7(14-6-11-5-12-14)9(15)13-8-2-3-10-4-8/h5-8,10H,2-4H2,1H3,(H,13,15). The van der Waals surface area contributed by atoms with Crippen LogP contribution in [0, 0.1) is 0 Å². The Morgan fingerprint density at radius 3 is 3.20 bits per heavy atom. The summed E-state index contributed by atoms with van der Waals surface area (Å²) in [5, 5.41) is 10.1. The predicted molar refractivity (Wildman–Crippen MR) is 54.2 cm³/mol. The van der Waals surface area contributed by atoms with Crippen molar-refractivity contribution in [2.24, 2.45) is 0 Å². The normalized spacial score (nSPS) is 22.6. The Hall–Kier alpha value is -1.43. The van der Waals surface area contributed by atoms with Crippen LogP contribution in [0.2, 0.25) is 0 Å². The molecule has 2 rings (SSSR count). The van der Waals surface area contributed by atoms with Crippen molar-refractivity contribution in [2.45, 2.75) is 25.4 Å². The Morgan fingerprint density at radius 1 is 1.73 bits per heavy atom. The van der Waals surface area contributed by atoms with E-state index in [2.05, 4.69) is 20.7 Å². The van der Waals surface area contributed by atoms with Crippen LogP contribution in [0.3, 0.4) is 0 Å². The molecular formula is C9H15N5O. The van der Waals surface area contributed by atoms with Crippen molar-refractivity contribution >= 4 is 5.91 Å². The summed E-state index contributed by atoms with van der Waals surface area (Å²) in [6.07, 6.45) is 3.98. The van der Waals surface area contributed by atoms with Gasteiger partial charge in [-0.3, -0.25) is 4.79 Å². The van der Waals surface area contributed by atoms with E-state index >= 15 is 0 Å². The highest BCUT2D eigenvalue weighted by atomic mass is 16.2. The fraction of sp³-hybridized carbons (Fsp3) is 0.667. The summed E-state index contributed by atoms with van der Waals surface area (Å²) in [4.78, 5) is 15.6. The molecule has 2 atom stereocenters. The van der Waals surface area contributed by atoms with Gasteiger partial charge in [-0.15, -0.1) is 0 Å². The van der Waals surface area contributed by atoms with Crippen LogP contribution >= 0.6 is 0 Å². The molecule has 1 fully saturated rings. The maximum absolute atomic E-state index is 11.8. The fourth-order valence-electron chi connectivity index (χ4n) is 1.64. The van der Waals surface area contributed by atoms with Crippen molar-refractivity contribution in [3.63, 3.8) is 0 Å². The number of nitrogens with one attached hydrogen (secondary N) is 2. The van der Waals surface area contributed by atoms with E-state index in [1.165, 1.54) is 6.33 Å². The zero-order valence-corrected chi connectivity index (χ0v) is 8.68. The number of aromatic nitrogens is 3. The summed E-state index contributed by atoms with van der Waals surface area (Å²) >= 11 is 0. The minimum atomic E-state index is -0.298. The predicted octanol–water partition coefficient (Wildman–Crippen LogP) is -0.683. The Balaban J connectivity index is 1.90. The SMILES string of the molecule is CC(C(=O)NC1CCNC1)n1cncn1. The molecule has 1 aliphatic heterocycles. The number of hydrogen-bond donors (Lipinski definition) is 2. The molecule has 1 aromatic rings. The first kappa shape index (κ1) is 10.1. The van der Waals surface area contributed by atoms with E-state index in [4.69, 9.17) is 0 Å². The average molecular weight is 209 g/mol. The molecule has 6 heteroatoms. The molecule has 82 valence electrons. The molecule has 1 aliphatic rings. The maximum Gasteiger partial charge on any atom is 0.244 e. The minimum absolute atomic E-state index is 0.00537. The summed E-state index contributed by atoms with van der Waals surface area (Å²) in [7, 11) is 0. The van der Waals surface area contributed by atoms with Crippen LogP contribution in [0.4, 0.5) is 0 Å². The van der Waals surface area contributed by atoms with Gasteiger partial charge < -0.3 is 10.6 Å². The molecule has 6 nitrogen and oxygen atoms in total. The van der Waals surface area contributed by atoms with Crippen molar-refractivity contribution in [1.82, 2.24) is 25.4 Å². The zero-order valence-electron chi connectivity index (χ0n) is 8.68. The molecule has 2 heterocycles. The van der Waals surface area contributed by atoms with Crippen LogP contribution in [0.1, 0.15) is 19.4 Å². The first-order valence-electron chi connectivity index (χ1n) is 5.12. The number of nitrogens with zero attached hydrogens (tertiary/aromatic N) is 3. The third-order valence-corrected chi connectivity index (χ3v) is 2.62. The van der Waals surface area contributed by atoms with E-state index in [9.17, 15) is 4.79 Å². The first-order chi connectivity index (χ1) is 7.27. The van der Waals surface area contributed by atoms with Crippen LogP contribution in [0.15, 0.2) is 12.7 Å². The molecule has 0 bridgehead atoms. The fourth-order valence-corrected chi connectivity index (χ4v) is 1.64. The number of amides is 1. The third-order valence-electron chi connectivity index (χ3n) is 2.62. The summed E-state index contributed by atoms with van der Waals surface area (Å²) in [6, 6.07) is -0.0448. The number of rotatable bonds is 3. The Kier molecular flexibility index (Phi) is 2.96. The van der Waals surface area contributed by atoms with Gasteiger partial charge in [0, 0.05) is 12.6 Å². The molecule has 0 spiro atoms.